The van der Waals surface area contributed by atoms with E-state index in [4.69, 9.17) is 27.7 Å². The van der Waals surface area contributed by atoms with Crippen LogP contribution in [-0.2, 0) is 10.4 Å². The van der Waals surface area contributed by atoms with Crippen LogP contribution in [0.1, 0.15) is 0 Å². The molecule has 1 radical (unpaired) electrons. The first kappa shape index (κ1) is 17.2. The molecule has 2 rings (SSSR count). The molecule has 0 bridgehead atoms. The summed E-state index contributed by atoms with van der Waals surface area (Å²) in [5.41, 5.74) is 0. The molecule has 93 valence electrons. The van der Waals surface area contributed by atoms with Gasteiger partial charge in [-0.15, -0.1) is 0 Å². The van der Waals surface area contributed by atoms with Gasteiger partial charge in [0.1, 0.15) is 11.5 Å². The fourth-order valence-electron chi connectivity index (χ4n) is 1.22. The average Bonchev–Trinajstić information content (AvgIpc) is 2.16. The summed E-state index contributed by atoms with van der Waals surface area (Å²) in [5.74, 6) is 0.487. The van der Waals surface area contributed by atoms with Gasteiger partial charge in [0, 0.05) is 29.6 Å². The third-order valence-corrected chi connectivity index (χ3v) is 1.81. The first-order valence-electron chi connectivity index (χ1n) is 4.37. The Bertz CT molecular complexity index is 576. The van der Waals surface area contributed by atoms with Crippen LogP contribution in [0.2, 0.25) is 0 Å². The number of phenols is 2. The predicted molar refractivity (Wildman–Crippen MR) is 67.2 cm³/mol. The Kier molecular flexibility index (Phi) is 6.61. The summed E-state index contributed by atoms with van der Waals surface area (Å²) >= 11 is 0. The summed E-state index contributed by atoms with van der Waals surface area (Å²) in [4.78, 5) is 0. The van der Waals surface area contributed by atoms with E-state index >= 15 is 0 Å². The Labute approximate surface area is 126 Å². The summed E-state index contributed by atoms with van der Waals surface area (Å²) < 4.78 is 31.6. The third-order valence-electron chi connectivity index (χ3n) is 1.81. The van der Waals surface area contributed by atoms with Gasteiger partial charge < -0.3 is 10.2 Å². The van der Waals surface area contributed by atoms with Crippen LogP contribution < -0.4 is 0 Å². The van der Waals surface area contributed by atoms with Crippen molar-refractivity contribution in [1.29, 1.82) is 0 Å². The van der Waals surface area contributed by atoms with Crippen molar-refractivity contribution in [2.45, 2.75) is 0 Å². The van der Waals surface area contributed by atoms with Crippen molar-refractivity contribution in [3.8, 4) is 11.5 Å². The first-order valence-corrected chi connectivity index (χ1v) is 5.77. The Hall–Kier alpha value is -0.830. The Balaban J connectivity index is 0.000000421. The second-order valence-electron chi connectivity index (χ2n) is 3.16. The molecule has 0 unspecified atom stereocenters. The van der Waals surface area contributed by atoms with E-state index in [0.29, 0.717) is 0 Å². The molecule has 0 aliphatic rings. The van der Waals surface area contributed by atoms with Gasteiger partial charge in [0.25, 0.3) is 0 Å². The van der Waals surface area contributed by atoms with Gasteiger partial charge >= 0.3 is 10.4 Å². The molecule has 0 aromatic heterocycles. The molecule has 8 heteroatoms. The van der Waals surface area contributed by atoms with Crippen LogP contribution in [0.3, 0.4) is 0 Å². The number of rotatable bonds is 0. The molecule has 0 fully saturated rings. The van der Waals surface area contributed by atoms with E-state index in [1.54, 1.807) is 36.4 Å². The summed E-state index contributed by atoms with van der Waals surface area (Å²) in [7, 11) is -4.67. The summed E-state index contributed by atoms with van der Waals surface area (Å²) in [6.45, 7) is 0. The summed E-state index contributed by atoms with van der Waals surface area (Å²) in [5, 5.41) is 20.1. The van der Waals surface area contributed by atoms with Gasteiger partial charge in [-0.2, -0.15) is 8.42 Å². The van der Waals surface area contributed by atoms with E-state index in [9.17, 15) is 0 Å². The molecule has 2 aromatic rings. The molecule has 0 spiro atoms. The molecule has 4 N–H and O–H groups in total. The monoisotopic (exact) mass is 281 g/mol. The van der Waals surface area contributed by atoms with Crippen molar-refractivity contribution < 1.29 is 27.7 Å². The number of hydrogen-bond acceptors (Lipinski definition) is 4. The van der Waals surface area contributed by atoms with E-state index in [1.165, 1.54) is 0 Å². The minimum Gasteiger partial charge on any atom is -0.508 e. The van der Waals surface area contributed by atoms with Gasteiger partial charge in [0.05, 0.1) is 0 Å². The molecule has 0 amide bonds. The fourth-order valence-corrected chi connectivity index (χ4v) is 1.22. The van der Waals surface area contributed by atoms with Gasteiger partial charge in [-0.1, -0.05) is 12.1 Å². The van der Waals surface area contributed by atoms with Gasteiger partial charge in [-0.05, 0) is 35.0 Å². The Morgan fingerprint density at radius 2 is 1.06 bits per heavy atom. The molecule has 0 saturated carbocycles. The molecule has 0 atom stereocenters. The fraction of sp³-hybridized carbons (Fsp3) is 0. The van der Waals surface area contributed by atoms with E-state index in [2.05, 4.69) is 0 Å². The maximum Gasteiger partial charge on any atom is 0.394 e. The minimum atomic E-state index is -4.67. The van der Waals surface area contributed by atoms with Crippen molar-refractivity contribution >= 4 is 50.7 Å². The van der Waals surface area contributed by atoms with E-state index < -0.39 is 10.4 Å². The smallest absolute Gasteiger partial charge is 0.394 e. The van der Waals surface area contributed by atoms with Gasteiger partial charge in [0.15, 0.2) is 0 Å². The largest absolute Gasteiger partial charge is 0.508 e. The Morgan fingerprint density at radius 1 is 0.778 bits per heavy atom. The van der Waals surface area contributed by atoms with Crippen LogP contribution in [0.5, 0.6) is 11.5 Å². The summed E-state index contributed by atoms with van der Waals surface area (Å²) in [6.07, 6.45) is 0. The third kappa shape index (κ3) is 6.80. The number of hydrogen-bond donors (Lipinski definition) is 4. The van der Waals surface area contributed by atoms with Crippen molar-refractivity contribution in [3.05, 3.63) is 36.4 Å². The zero-order valence-corrected chi connectivity index (χ0v) is 12.3. The number of benzene rings is 2. The standard InChI is InChI=1S/C10H8O2.Na.H2O4S/c11-9-3-1-7-5-10(12)4-2-8(7)6-9;;1-5(2,3)4/h1-6,11-12H;;(H2,1,2,3,4). The van der Waals surface area contributed by atoms with Gasteiger partial charge in [0.2, 0.25) is 0 Å². The normalized spacial score (nSPS) is 10.1. The van der Waals surface area contributed by atoms with E-state index in [1.807, 2.05) is 0 Å². The molecular formula is C10H10NaO6S. The molecule has 18 heavy (non-hydrogen) atoms. The van der Waals surface area contributed by atoms with E-state index in [-0.39, 0.29) is 41.1 Å². The number of phenolic OH excluding ortho intramolecular Hbond substituents is 2. The van der Waals surface area contributed by atoms with Crippen LogP contribution in [0.15, 0.2) is 36.4 Å². The number of fused-ring (bicyclic) bond motifs is 1. The second kappa shape index (κ2) is 6.93. The van der Waals surface area contributed by atoms with Crippen LogP contribution in [0, 0.1) is 0 Å². The van der Waals surface area contributed by atoms with Crippen molar-refractivity contribution in [1.82, 2.24) is 0 Å². The maximum absolute atomic E-state index is 9.14. The quantitative estimate of drug-likeness (QED) is 0.426. The second-order valence-corrected chi connectivity index (χ2v) is 4.06. The molecule has 6 nitrogen and oxygen atoms in total. The van der Waals surface area contributed by atoms with Crippen LogP contribution in [0.25, 0.3) is 10.8 Å². The zero-order chi connectivity index (χ0) is 13.1. The zero-order valence-electron chi connectivity index (χ0n) is 9.48. The molecular weight excluding hydrogens is 271 g/mol. The van der Waals surface area contributed by atoms with Crippen LogP contribution in [0.4, 0.5) is 0 Å². The van der Waals surface area contributed by atoms with Crippen LogP contribution in [-0.4, -0.2) is 57.3 Å². The van der Waals surface area contributed by atoms with Crippen molar-refractivity contribution in [3.63, 3.8) is 0 Å². The number of aromatic hydroxyl groups is 2. The molecule has 0 aliphatic carbocycles. The average molecular weight is 281 g/mol. The molecule has 2 aromatic carbocycles. The minimum absolute atomic E-state index is 0. The van der Waals surface area contributed by atoms with Crippen molar-refractivity contribution in [2.75, 3.05) is 0 Å². The Morgan fingerprint density at radius 3 is 1.33 bits per heavy atom. The predicted octanol–water partition coefficient (Wildman–Crippen LogP) is 1.22. The summed E-state index contributed by atoms with van der Waals surface area (Å²) in [6, 6.07) is 10.1. The topological polar surface area (TPSA) is 115 Å². The maximum atomic E-state index is 9.14. The molecule has 0 saturated heterocycles. The van der Waals surface area contributed by atoms with E-state index in [0.717, 1.165) is 10.8 Å². The van der Waals surface area contributed by atoms with Crippen LogP contribution >= 0.6 is 0 Å². The van der Waals surface area contributed by atoms with Crippen molar-refractivity contribution in [2.24, 2.45) is 0 Å². The van der Waals surface area contributed by atoms with Gasteiger partial charge in [-0.3, -0.25) is 9.11 Å². The molecule has 0 aliphatic heterocycles. The SMILES string of the molecule is O=S(=O)(O)O.Oc1ccc2cc(O)ccc2c1.[Na]. The molecule has 0 heterocycles. The van der Waals surface area contributed by atoms with Gasteiger partial charge in [-0.25, -0.2) is 0 Å². The first-order chi connectivity index (χ1) is 7.75.